The standard InChI is InChI=1S/C11H11NS.C2H6/c1-2-13-10-7-3-5-9-6-4-8-12-11(9)10;1-2/h3-8H,2H2,1H3;1-2H3. The third kappa shape index (κ3) is 2.96. The lowest BCUT2D eigenvalue weighted by atomic mass is 10.2. The number of para-hydroxylation sites is 1. The number of fused-ring (bicyclic) bond motifs is 1. The van der Waals surface area contributed by atoms with Gasteiger partial charge in [-0.3, -0.25) is 4.98 Å². The number of pyridine rings is 1. The second-order valence-electron chi connectivity index (χ2n) is 2.76. The first-order valence-corrected chi connectivity index (χ1v) is 6.37. The number of hydrogen-bond acceptors (Lipinski definition) is 2. The molecule has 0 bridgehead atoms. The highest BCUT2D eigenvalue weighted by molar-refractivity contribution is 7.99. The van der Waals surface area contributed by atoms with Gasteiger partial charge in [-0.25, -0.2) is 0 Å². The summed E-state index contributed by atoms with van der Waals surface area (Å²) in [5.74, 6) is 1.09. The van der Waals surface area contributed by atoms with Gasteiger partial charge in [0.2, 0.25) is 0 Å². The zero-order chi connectivity index (χ0) is 11.1. The lowest BCUT2D eigenvalue weighted by molar-refractivity contribution is 1.34. The molecule has 1 aromatic heterocycles. The Morgan fingerprint density at radius 2 is 1.87 bits per heavy atom. The van der Waals surface area contributed by atoms with Crippen molar-refractivity contribution in [2.24, 2.45) is 0 Å². The van der Waals surface area contributed by atoms with Crippen LogP contribution in [-0.2, 0) is 0 Å². The molecule has 0 aliphatic carbocycles. The third-order valence-corrected chi connectivity index (χ3v) is 2.82. The van der Waals surface area contributed by atoms with Gasteiger partial charge in [0.05, 0.1) is 5.52 Å². The molecule has 1 heterocycles. The lowest BCUT2D eigenvalue weighted by Crippen LogP contribution is -1.81. The summed E-state index contributed by atoms with van der Waals surface area (Å²) < 4.78 is 0. The fourth-order valence-electron chi connectivity index (χ4n) is 1.35. The van der Waals surface area contributed by atoms with Gasteiger partial charge in [-0.05, 0) is 17.9 Å². The summed E-state index contributed by atoms with van der Waals surface area (Å²) in [6.07, 6.45) is 1.85. The van der Waals surface area contributed by atoms with Crippen molar-refractivity contribution >= 4 is 22.7 Å². The molecule has 0 atom stereocenters. The van der Waals surface area contributed by atoms with E-state index < -0.39 is 0 Å². The molecule has 2 aromatic rings. The van der Waals surface area contributed by atoms with E-state index in [0.29, 0.717) is 0 Å². The van der Waals surface area contributed by atoms with Gasteiger partial charge in [-0.15, -0.1) is 11.8 Å². The molecule has 1 nitrogen and oxygen atoms in total. The highest BCUT2D eigenvalue weighted by atomic mass is 32.2. The molecule has 15 heavy (non-hydrogen) atoms. The second kappa shape index (κ2) is 6.46. The van der Waals surface area contributed by atoms with Crippen LogP contribution >= 0.6 is 11.8 Å². The van der Waals surface area contributed by atoms with Crippen LogP contribution in [0.15, 0.2) is 41.4 Å². The number of benzene rings is 1. The van der Waals surface area contributed by atoms with E-state index in [0.717, 1.165) is 11.3 Å². The number of thioether (sulfide) groups is 1. The molecule has 0 saturated carbocycles. The minimum absolute atomic E-state index is 1.09. The van der Waals surface area contributed by atoms with Gasteiger partial charge in [0.25, 0.3) is 0 Å². The molecule has 2 rings (SSSR count). The predicted molar refractivity (Wildman–Crippen MR) is 69.5 cm³/mol. The van der Waals surface area contributed by atoms with Crippen molar-refractivity contribution in [2.45, 2.75) is 25.7 Å². The van der Waals surface area contributed by atoms with Crippen LogP contribution < -0.4 is 0 Å². The molecule has 0 aliphatic heterocycles. The Morgan fingerprint density at radius 3 is 2.60 bits per heavy atom. The fourth-order valence-corrected chi connectivity index (χ4v) is 2.14. The first-order valence-electron chi connectivity index (χ1n) is 5.38. The van der Waals surface area contributed by atoms with Gasteiger partial charge in [0.15, 0.2) is 0 Å². The van der Waals surface area contributed by atoms with Crippen molar-refractivity contribution in [2.75, 3.05) is 5.75 Å². The quantitative estimate of drug-likeness (QED) is 0.695. The van der Waals surface area contributed by atoms with Crippen LogP contribution in [0, 0.1) is 0 Å². The molecule has 0 aliphatic rings. The van der Waals surface area contributed by atoms with Crippen LogP contribution in [-0.4, -0.2) is 10.7 Å². The third-order valence-electron chi connectivity index (χ3n) is 1.90. The molecule has 0 spiro atoms. The Kier molecular flexibility index (Phi) is 5.19. The van der Waals surface area contributed by atoms with E-state index in [1.807, 2.05) is 37.9 Å². The van der Waals surface area contributed by atoms with Crippen molar-refractivity contribution in [3.05, 3.63) is 36.5 Å². The Hall–Kier alpha value is -1.02. The first-order chi connectivity index (χ1) is 7.42. The Bertz CT molecular complexity index is 407. The minimum Gasteiger partial charge on any atom is -0.255 e. The number of nitrogens with zero attached hydrogens (tertiary/aromatic N) is 1. The SMILES string of the molecule is CC.CCSc1cccc2cccnc12. The largest absolute Gasteiger partial charge is 0.255 e. The fraction of sp³-hybridized carbons (Fsp3) is 0.308. The monoisotopic (exact) mass is 219 g/mol. The highest BCUT2D eigenvalue weighted by Crippen LogP contribution is 2.25. The molecule has 80 valence electrons. The average Bonchev–Trinajstić information content (AvgIpc) is 2.33. The maximum atomic E-state index is 4.38. The second-order valence-corrected chi connectivity index (χ2v) is 4.07. The predicted octanol–water partition coefficient (Wildman–Crippen LogP) is 4.37. The van der Waals surface area contributed by atoms with Gasteiger partial charge >= 0.3 is 0 Å². The molecule has 2 heteroatoms. The summed E-state index contributed by atoms with van der Waals surface area (Å²) in [5.41, 5.74) is 1.12. The maximum Gasteiger partial charge on any atom is 0.0837 e. The van der Waals surface area contributed by atoms with Gasteiger partial charge in [0.1, 0.15) is 0 Å². The molecule has 0 unspecified atom stereocenters. The topological polar surface area (TPSA) is 12.9 Å². The van der Waals surface area contributed by atoms with Crippen molar-refractivity contribution in [1.82, 2.24) is 4.98 Å². The Labute approximate surface area is 95.9 Å². The molecule has 1 aromatic carbocycles. The average molecular weight is 219 g/mol. The van der Waals surface area contributed by atoms with E-state index in [2.05, 4.69) is 36.2 Å². The van der Waals surface area contributed by atoms with E-state index in [4.69, 9.17) is 0 Å². The zero-order valence-corrected chi connectivity index (χ0v) is 10.3. The van der Waals surface area contributed by atoms with E-state index in [1.165, 1.54) is 10.3 Å². The Balaban J connectivity index is 0.000000531. The minimum atomic E-state index is 1.09. The molecular weight excluding hydrogens is 202 g/mol. The van der Waals surface area contributed by atoms with Gasteiger partial charge in [0, 0.05) is 16.5 Å². The van der Waals surface area contributed by atoms with Gasteiger partial charge in [-0.2, -0.15) is 0 Å². The van der Waals surface area contributed by atoms with Gasteiger partial charge < -0.3 is 0 Å². The summed E-state index contributed by atoms with van der Waals surface area (Å²) in [6, 6.07) is 10.4. The van der Waals surface area contributed by atoms with E-state index >= 15 is 0 Å². The van der Waals surface area contributed by atoms with Crippen LogP contribution in [0.3, 0.4) is 0 Å². The molecule has 0 amide bonds. The number of aromatic nitrogens is 1. The summed E-state index contributed by atoms with van der Waals surface area (Å²) in [5, 5.41) is 1.22. The number of rotatable bonds is 2. The van der Waals surface area contributed by atoms with Crippen molar-refractivity contribution in [3.8, 4) is 0 Å². The molecule has 0 fully saturated rings. The molecular formula is C13H17NS. The van der Waals surface area contributed by atoms with E-state index in [9.17, 15) is 0 Å². The van der Waals surface area contributed by atoms with Crippen molar-refractivity contribution in [1.29, 1.82) is 0 Å². The molecule has 0 radical (unpaired) electrons. The Morgan fingerprint density at radius 1 is 1.13 bits per heavy atom. The van der Waals surface area contributed by atoms with Gasteiger partial charge in [-0.1, -0.05) is 39.0 Å². The van der Waals surface area contributed by atoms with E-state index in [-0.39, 0.29) is 0 Å². The number of hydrogen-bond donors (Lipinski definition) is 0. The van der Waals surface area contributed by atoms with E-state index in [1.54, 1.807) is 0 Å². The molecule has 0 N–H and O–H groups in total. The summed E-state index contributed by atoms with van der Waals surface area (Å²) in [6.45, 7) is 6.16. The molecule has 0 saturated heterocycles. The zero-order valence-electron chi connectivity index (χ0n) is 9.53. The maximum absolute atomic E-state index is 4.38. The first kappa shape index (κ1) is 12.1. The van der Waals surface area contributed by atoms with Crippen LogP contribution in [0.25, 0.3) is 10.9 Å². The summed E-state index contributed by atoms with van der Waals surface area (Å²) in [4.78, 5) is 5.66. The van der Waals surface area contributed by atoms with Crippen LogP contribution in [0.4, 0.5) is 0 Å². The van der Waals surface area contributed by atoms with Crippen LogP contribution in [0.1, 0.15) is 20.8 Å². The van der Waals surface area contributed by atoms with Crippen molar-refractivity contribution in [3.63, 3.8) is 0 Å². The smallest absolute Gasteiger partial charge is 0.0837 e. The lowest BCUT2D eigenvalue weighted by Gasteiger charge is -2.02. The van der Waals surface area contributed by atoms with Crippen LogP contribution in [0.5, 0.6) is 0 Å². The highest BCUT2D eigenvalue weighted by Gasteiger charge is 1.99. The normalized spacial score (nSPS) is 9.53. The van der Waals surface area contributed by atoms with Crippen molar-refractivity contribution < 1.29 is 0 Å². The summed E-state index contributed by atoms with van der Waals surface area (Å²) >= 11 is 1.84. The summed E-state index contributed by atoms with van der Waals surface area (Å²) in [7, 11) is 0. The van der Waals surface area contributed by atoms with Crippen LogP contribution in [0.2, 0.25) is 0 Å².